The second-order valence-corrected chi connectivity index (χ2v) is 1.97. The maximum Gasteiger partial charge on any atom is 0.173 e. The van der Waals surface area contributed by atoms with E-state index in [4.69, 9.17) is 10.1 Å². The van der Waals surface area contributed by atoms with Gasteiger partial charge in [0, 0.05) is 5.38 Å². The molecule has 42 valence electrons. The lowest BCUT2D eigenvalue weighted by molar-refractivity contribution is 0.573. The van der Waals surface area contributed by atoms with Crippen molar-refractivity contribution >= 4 is 17.7 Å². The molecule has 0 saturated carbocycles. The van der Waals surface area contributed by atoms with Gasteiger partial charge >= 0.3 is 0 Å². The molecule has 1 aromatic heterocycles. The highest BCUT2D eigenvalue weighted by Gasteiger charge is 1.85. The van der Waals surface area contributed by atoms with E-state index >= 15 is 0 Å². The van der Waals surface area contributed by atoms with Gasteiger partial charge in [0.05, 0.1) is 0 Å². The van der Waals surface area contributed by atoms with E-state index in [1.165, 1.54) is 0 Å². The molecule has 0 aliphatic rings. The Kier molecular flexibility index (Phi) is 1.64. The highest BCUT2D eigenvalue weighted by atomic mass is 32.1. The molecule has 1 N–H and O–H groups in total. The predicted molar refractivity (Wildman–Crippen MR) is 33.7 cm³/mol. The zero-order valence-electron chi connectivity index (χ0n) is 4.13. The van der Waals surface area contributed by atoms with Crippen molar-refractivity contribution < 1.29 is 4.74 Å². The summed E-state index contributed by atoms with van der Waals surface area (Å²) in [4.78, 5) is 0. The smallest absolute Gasteiger partial charge is 0.173 e. The summed E-state index contributed by atoms with van der Waals surface area (Å²) in [6.07, 6.45) is 0.919. The van der Waals surface area contributed by atoms with E-state index in [1.54, 1.807) is 11.3 Å². The SMILES string of the molecule is N=COc1ccsc1. The molecule has 3 heteroatoms. The molecule has 0 spiro atoms. The zero-order valence-corrected chi connectivity index (χ0v) is 4.94. The Morgan fingerprint density at radius 1 is 1.75 bits per heavy atom. The summed E-state index contributed by atoms with van der Waals surface area (Å²) in [6.45, 7) is 0. The van der Waals surface area contributed by atoms with Crippen molar-refractivity contribution in [3.63, 3.8) is 0 Å². The Balaban J connectivity index is 2.62. The number of ether oxygens (including phenoxy) is 1. The largest absolute Gasteiger partial charge is 0.446 e. The van der Waals surface area contributed by atoms with E-state index in [9.17, 15) is 0 Å². The van der Waals surface area contributed by atoms with Crippen LogP contribution in [0, 0.1) is 5.41 Å². The second-order valence-electron chi connectivity index (χ2n) is 1.19. The van der Waals surface area contributed by atoms with Crippen molar-refractivity contribution in [2.75, 3.05) is 0 Å². The molecule has 2 nitrogen and oxygen atoms in total. The summed E-state index contributed by atoms with van der Waals surface area (Å²) in [5, 5.41) is 10.3. The molecule has 0 unspecified atom stereocenters. The maximum absolute atomic E-state index is 6.54. The minimum absolute atomic E-state index is 0.741. The van der Waals surface area contributed by atoms with E-state index in [0.717, 1.165) is 12.2 Å². The molecule has 0 aliphatic heterocycles. The van der Waals surface area contributed by atoms with Gasteiger partial charge < -0.3 is 4.74 Å². The molecule has 0 aromatic carbocycles. The van der Waals surface area contributed by atoms with E-state index in [2.05, 4.69) is 0 Å². The lowest BCUT2D eigenvalue weighted by Gasteiger charge is -1.87. The highest BCUT2D eigenvalue weighted by Crippen LogP contribution is 2.13. The fourth-order valence-corrected chi connectivity index (χ4v) is 0.947. The van der Waals surface area contributed by atoms with Crippen molar-refractivity contribution in [1.29, 1.82) is 5.41 Å². The molecule has 1 aromatic rings. The molecular weight excluding hydrogens is 122 g/mol. The van der Waals surface area contributed by atoms with Gasteiger partial charge in [-0.3, -0.25) is 5.41 Å². The van der Waals surface area contributed by atoms with E-state index in [-0.39, 0.29) is 0 Å². The molecule has 0 atom stereocenters. The van der Waals surface area contributed by atoms with Gasteiger partial charge in [0.1, 0.15) is 5.75 Å². The molecule has 0 aliphatic carbocycles. The van der Waals surface area contributed by atoms with Crippen LogP contribution in [0.15, 0.2) is 16.8 Å². The second kappa shape index (κ2) is 2.47. The van der Waals surface area contributed by atoms with Gasteiger partial charge in [-0.2, -0.15) is 0 Å². The van der Waals surface area contributed by atoms with E-state index < -0.39 is 0 Å². The molecule has 0 bridgehead atoms. The summed E-state index contributed by atoms with van der Waals surface area (Å²) in [7, 11) is 0. The lowest BCUT2D eigenvalue weighted by Crippen LogP contribution is -1.82. The van der Waals surface area contributed by atoms with E-state index in [0.29, 0.717) is 0 Å². The maximum atomic E-state index is 6.54. The minimum Gasteiger partial charge on any atom is -0.446 e. The lowest BCUT2D eigenvalue weighted by atomic mass is 10.6. The first-order valence-electron chi connectivity index (χ1n) is 2.11. The molecule has 0 saturated heterocycles. The molecular formula is C5H5NOS. The van der Waals surface area contributed by atoms with Crippen LogP contribution in [-0.4, -0.2) is 6.40 Å². The summed E-state index contributed by atoms with van der Waals surface area (Å²) < 4.78 is 4.70. The summed E-state index contributed by atoms with van der Waals surface area (Å²) in [6, 6.07) is 1.82. The number of hydrogen-bond donors (Lipinski definition) is 1. The van der Waals surface area contributed by atoms with Crippen LogP contribution < -0.4 is 4.74 Å². The van der Waals surface area contributed by atoms with Gasteiger partial charge in [0.25, 0.3) is 0 Å². The topological polar surface area (TPSA) is 33.1 Å². The van der Waals surface area contributed by atoms with Gasteiger partial charge in [-0.1, -0.05) is 0 Å². The van der Waals surface area contributed by atoms with Crippen LogP contribution in [0.4, 0.5) is 0 Å². The average Bonchev–Trinajstić information content (AvgIpc) is 2.19. The third-order valence-electron chi connectivity index (χ3n) is 0.690. The van der Waals surface area contributed by atoms with Gasteiger partial charge in [-0.05, 0) is 11.4 Å². The molecule has 1 heterocycles. The summed E-state index contributed by atoms with van der Waals surface area (Å²) in [5.74, 6) is 0.741. The minimum atomic E-state index is 0.741. The van der Waals surface area contributed by atoms with Crippen LogP contribution in [0.5, 0.6) is 5.75 Å². The standard InChI is InChI=1S/C5H5NOS/c6-4-7-5-1-2-8-3-5/h1-4,6H. The van der Waals surface area contributed by atoms with Gasteiger partial charge in [-0.15, -0.1) is 11.3 Å². The Bertz CT molecular complexity index is 159. The Hall–Kier alpha value is -0.830. The Labute approximate surface area is 51.2 Å². The molecule has 1 rings (SSSR count). The van der Waals surface area contributed by atoms with Crippen molar-refractivity contribution in [3.8, 4) is 5.75 Å². The number of hydrogen-bond acceptors (Lipinski definition) is 3. The van der Waals surface area contributed by atoms with Crippen LogP contribution in [-0.2, 0) is 0 Å². The quantitative estimate of drug-likeness (QED) is 0.476. The van der Waals surface area contributed by atoms with Crippen LogP contribution in [0.2, 0.25) is 0 Å². The molecule has 0 fully saturated rings. The van der Waals surface area contributed by atoms with Crippen molar-refractivity contribution in [3.05, 3.63) is 16.8 Å². The molecule has 0 amide bonds. The van der Waals surface area contributed by atoms with Crippen molar-refractivity contribution in [1.82, 2.24) is 0 Å². The summed E-state index contributed by atoms with van der Waals surface area (Å²) >= 11 is 1.55. The number of rotatable bonds is 2. The molecule has 8 heavy (non-hydrogen) atoms. The van der Waals surface area contributed by atoms with Crippen LogP contribution in [0.1, 0.15) is 0 Å². The van der Waals surface area contributed by atoms with E-state index in [1.807, 2.05) is 16.8 Å². The van der Waals surface area contributed by atoms with Crippen molar-refractivity contribution in [2.45, 2.75) is 0 Å². The van der Waals surface area contributed by atoms with Crippen LogP contribution in [0.3, 0.4) is 0 Å². The molecule has 0 radical (unpaired) electrons. The van der Waals surface area contributed by atoms with Crippen molar-refractivity contribution in [2.24, 2.45) is 0 Å². The van der Waals surface area contributed by atoms with Gasteiger partial charge in [0.2, 0.25) is 0 Å². The monoisotopic (exact) mass is 127 g/mol. The average molecular weight is 127 g/mol. The first kappa shape index (κ1) is 5.31. The van der Waals surface area contributed by atoms with Crippen LogP contribution in [0.25, 0.3) is 0 Å². The number of thiophene rings is 1. The third-order valence-corrected chi connectivity index (χ3v) is 1.35. The van der Waals surface area contributed by atoms with Gasteiger partial charge in [-0.25, -0.2) is 0 Å². The third kappa shape index (κ3) is 1.07. The summed E-state index contributed by atoms with van der Waals surface area (Å²) in [5.41, 5.74) is 0. The first-order valence-corrected chi connectivity index (χ1v) is 3.05. The normalized spacial score (nSPS) is 8.50. The highest BCUT2D eigenvalue weighted by molar-refractivity contribution is 7.08. The zero-order chi connectivity index (χ0) is 5.82. The predicted octanol–water partition coefficient (Wildman–Crippen LogP) is 1.73. The van der Waals surface area contributed by atoms with Crippen LogP contribution >= 0.6 is 11.3 Å². The fraction of sp³-hybridized carbons (Fsp3) is 0. The number of nitrogens with one attached hydrogen (secondary N) is 1. The Morgan fingerprint density at radius 2 is 2.62 bits per heavy atom. The fourth-order valence-electron chi connectivity index (χ4n) is 0.387. The Morgan fingerprint density at radius 3 is 3.12 bits per heavy atom. The first-order chi connectivity index (χ1) is 3.93. The van der Waals surface area contributed by atoms with Gasteiger partial charge in [0.15, 0.2) is 6.40 Å².